The molecular formula is C16H23NO2. The number of nitrogens with zero attached hydrogens (tertiary/aromatic N) is 1. The molecule has 104 valence electrons. The molecule has 0 aliphatic carbocycles. The molecular weight excluding hydrogens is 238 g/mol. The van der Waals surface area contributed by atoms with Crippen LogP contribution in [-0.2, 0) is 0 Å². The summed E-state index contributed by atoms with van der Waals surface area (Å²) in [6.45, 7) is 4.84. The Morgan fingerprint density at radius 1 is 1.21 bits per heavy atom. The van der Waals surface area contributed by atoms with Gasteiger partial charge < -0.3 is 14.7 Å². The van der Waals surface area contributed by atoms with Gasteiger partial charge in [-0.2, -0.15) is 0 Å². The van der Waals surface area contributed by atoms with E-state index in [0.717, 1.165) is 24.4 Å². The third-order valence-electron chi connectivity index (χ3n) is 2.80. The molecule has 0 saturated heterocycles. The van der Waals surface area contributed by atoms with Crippen molar-refractivity contribution < 1.29 is 9.84 Å². The van der Waals surface area contributed by atoms with Crippen molar-refractivity contribution in [3.8, 4) is 17.6 Å². The molecule has 19 heavy (non-hydrogen) atoms. The molecule has 0 bridgehead atoms. The van der Waals surface area contributed by atoms with Gasteiger partial charge >= 0.3 is 0 Å². The third-order valence-corrected chi connectivity index (χ3v) is 2.80. The van der Waals surface area contributed by atoms with Crippen LogP contribution in [-0.4, -0.2) is 43.4 Å². The predicted octanol–water partition coefficient (Wildman–Crippen LogP) is 2.14. The average Bonchev–Trinajstić information content (AvgIpc) is 2.44. The third kappa shape index (κ3) is 6.85. The second-order valence-electron chi connectivity index (χ2n) is 4.49. The van der Waals surface area contributed by atoms with Gasteiger partial charge in [-0.25, -0.2) is 0 Å². The topological polar surface area (TPSA) is 32.7 Å². The summed E-state index contributed by atoms with van der Waals surface area (Å²) in [4.78, 5) is 2.28. The Morgan fingerprint density at radius 3 is 2.58 bits per heavy atom. The maximum Gasteiger partial charge on any atom is 0.119 e. The number of unbranched alkanes of at least 4 members (excludes halogenated alkanes) is 1. The second kappa shape index (κ2) is 9.43. The number of aliphatic hydroxyl groups is 1. The maximum atomic E-state index is 8.61. The van der Waals surface area contributed by atoms with Gasteiger partial charge in [-0.1, -0.05) is 25.2 Å². The maximum absolute atomic E-state index is 8.61. The first kappa shape index (κ1) is 15.6. The lowest BCUT2D eigenvalue weighted by Crippen LogP contribution is -2.25. The van der Waals surface area contributed by atoms with Crippen LogP contribution >= 0.6 is 0 Å². The Morgan fingerprint density at radius 2 is 1.95 bits per heavy atom. The summed E-state index contributed by atoms with van der Waals surface area (Å²) in [6.07, 6.45) is 2.45. The molecule has 0 saturated carbocycles. The van der Waals surface area contributed by atoms with Crippen LogP contribution < -0.4 is 4.74 Å². The molecule has 0 unspecified atom stereocenters. The van der Waals surface area contributed by atoms with Crippen molar-refractivity contribution in [3.05, 3.63) is 29.8 Å². The molecule has 0 radical (unpaired) electrons. The first-order valence-electron chi connectivity index (χ1n) is 6.77. The van der Waals surface area contributed by atoms with Gasteiger partial charge in [0.25, 0.3) is 0 Å². The zero-order chi connectivity index (χ0) is 13.9. The number of hydrogen-bond acceptors (Lipinski definition) is 3. The Kier molecular flexibility index (Phi) is 7.72. The Hall–Kier alpha value is -1.50. The van der Waals surface area contributed by atoms with E-state index >= 15 is 0 Å². The highest BCUT2D eigenvalue weighted by molar-refractivity contribution is 5.38. The molecule has 1 aromatic rings. The molecule has 0 aliphatic rings. The van der Waals surface area contributed by atoms with Crippen LogP contribution in [0.1, 0.15) is 25.3 Å². The lowest BCUT2D eigenvalue weighted by molar-refractivity contribution is 0.235. The predicted molar refractivity (Wildman–Crippen MR) is 78.3 cm³/mol. The molecule has 0 spiro atoms. The summed E-state index contributed by atoms with van der Waals surface area (Å²) in [5, 5.41) is 8.61. The van der Waals surface area contributed by atoms with Crippen LogP contribution in [0.3, 0.4) is 0 Å². The first-order chi connectivity index (χ1) is 9.26. The van der Waals surface area contributed by atoms with Crippen LogP contribution in [0.5, 0.6) is 5.75 Å². The van der Waals surface area contributed by atoms with Crippen LogP contribution in [0.2, 0.25) is 0 Å². The number of likely N-dealkylation sites (N-methyl/N-ethyl adjacent to an activating group) is 1. The van der Waals surface area contributed by atoms with E-state index in [1.165, 1.54) is 12.8 Å². The van der Waals surface area contributed by atoms with Gasteiger partial charge in [0.1, 0.15) is 19.0 Å². The normalized spacial score (nSPS) is 10.1. The fourth-order valence-electron chi connectivity index (χ4n) is 1.64. The zero-order valence-electron chi connectivity index (χ0n) is 11.9. The highest BCUT2D eigenvalue weighted by Crippen LogP contribution is 2.11. The highest BCUT2D eigenvalue weighted by Gasteiger charge is 1.98. The van der Waals surface area contributed by atoms with E-state index < -0.39 is 0 Å². The van der Waals surface area contributed by atoms with Crippen molar-refractivity contribution in [2.45, 2.75) is 19.8 Å². The lowest BCUT2D eigenvalue weighted by Gasteiger charge is -2.16. The largest absolute Gasteiger partial charge is 0.492 e. The SMILES string of the molecule is CCCCN(C)CCOc1ccc(C#CCO)cc1. The van der Waals surface area contributed by atoms with E-state index in [1.807, 2.05) is 24.3 Å². The summed E-state index contributed by atoms with van der Waals surface area (Å²) >= 11 is 0. The summed E-state index contributed by atoms with van der Waals surface area (Å²) < 4.78 is 5.68. The van der Waals surface area contributed by atoms with E-state index in [-0.39, 0.29) is 6.61 Å². The van der Waals surface area contributed by atoms with E-state index in [1.54, 1.807) is 0 Å². The Bertz CT molecular complexity index is 403. The zero-order valence-corrected chi connectivity index (χ0v) is 11.9. The Balaban J connectivity index is 2.30. The lowest BCUT2D eigenvalue weighted by atomic mass is 10.2. The molecule has 0 heterocycles. The molecule has 0 aromatic heterocycles. The van der Waals surface area contributed by atoms with Crippen molar-refractivity contribution in [2.24, 2.45) is 0 Å². The quantitative estimate of drug-likeness (QED) is 0.763. The van der Waals surface area contributed by atoms with Gasteiger partial charge in [-0.3, -0.25) is 0 Å². The molecule has 1 N–H and O–H groups in total. The molecule has 0 fully saturated rings. The van der Waals surface area contributed by atoms with Gasteiger partial charge in [0.15, 0.2) is 0 Å². The number of rotatable bonds is 7. The van der Waals surface area contributed by atoms with Gasteiger partial charge in [0.05, 0.1) is 0 Å². The average molecular weight is 261 g/mol. The Labute approximate surface area is 116 Å². The number of hydrogen-bond donors (Lipinski definition) is 1. The summed E-state index contributed by atoms with van der Waals surface area (Å²) in [5.41, 5.74) is 0.890. The van der Waals surface area contributed by atoms with E-state index in [0.29, 0.717) is 6.61 Å². The summed E-state index contributed by atoms with van der Waals surface area (Å²) in [6, 6.07) is 7.62. The van der Waals surface area contributed by atoms with Crippen molar-refractivity contribution in [3.63, 3.8) is 0 Å². The van der Waals surface area contributed by atoms with Crippen LogP contribution in [0.25, 0.3) is 0 Å². The molecule has 3 nitrogen and oxygen atoms in total. The standard InChI is InChI=1S/C16H23NO2/c1-3-4-11-17(2)12-14-19-16-9-7-15(8-10-16)6-5-13-18/h7-10,18H,3-4,11-14H2,1-2H3. The van der Waals surface area contributed by atoms with E-state index in [9.17, 15) is 0 Å². The first-order valence-corrected chi connectivity index (χ1v) is 6.77. The van der Waals surface area contributed by atoms with Crippen LogP contribution in [0, 0.1) is 11.8 Å². The van der Waals surface area contributed by atoms with Crippen molar-refractivity contribution in [2.75, 3.05) is 33.4 Å². The monoisotopic (exact) mass is 261 g/mol. The summed E-state index contributed by atoms with van der Waals surface area (Å²) in [5.74, 6) is 6.33. The fourth-order valence-corrected chi connectivity index (χ4v) is 1.64. The minimum atomic E-state index is -0.109. The van der Waals surface area contributed by atoms with E-state index in [2.05, 4.69) is 30.7 Å². The number of benzene rings is 1. The molecule has 0 aliphatic heterocycles. The summed E-state index contributed by atoms with van der Waals surface area (Å²) in [7, 11) is 2.12. The molecule has 1 aromatic carbocycles. The van der Waals surface area contributed by atoms with Crippen LogP contribution in [0.4, 0.5) is 0 Å². The van der Waals surface area contributed by atoms with Crippen molar-refractivity contribution in [1.82, 2.24) is 4.90 Å². The van der Waals surface area contributed by atoms with Crippen LogP contribution in [0.15, 0.2) is 24.3 Å². The van der Waals surface area contributed by atoms with Crippen molar-refractivity contribution >= 4 is 0 Å². The number of aliphatic hydroxyl groups excluding tert-OH is 1. The number of ether oxygens (including phenoxy) is 1. The van der Waals surface area contributed by atoms with Crippen molar-refractivity contribution in [1.29, 1.82) is 0 Å². The van der Waals surface area contributed by atoms with Gasteiger partial charge in [-0.05, 0) is 44.3 Å². The smallest absolute Gasteiger partial charge is 0.119 e. The highest BCUT2D eigenvalue weighted by atomic mass is 16.5. The molecule has 1 rings (SSSR count). The second-order valence-corrected chi connectivity index (χ2v) is 4.49. The minimum Gasteiger partial charge on any atom is -0.492 e. The molecule has 0 amide bonds. The fraction of sp³-hybridized carbons (Fsp3) is 0.500. The van der Waals surface area contributed by atoms with E-state index in [4.69, 9.17) is 9.84 Å². The minimum absolute atomic E-state index is 0.109. The molecule has 3 heteroatoms. The van der Waals surface area contributed by atoms with Gasteiger partial charge in [0, 0.05) is 12.1 Å². The molecule has 0 atom stereocenters. The van der Waals surface area contributed by atoms with Gasteiger partial charge in [0.2, 0.25) is 0 Å². The van der Waals surface area contributed by atoms with Gasteiger partial charge in [-0.15, -0.1) is 0 Å².